The molecule has 616 valence electrons. The van der Waals surface area contributed by atoms with E-state index in [1.165, 1.54) is 34.0 Å². The maximum Gasteiger partial charge on any atom is 0.331 e. The molecular formula is C74H110O35. The van der Waals surface area contributed by atoms with Crippen LogP contribution in [0.3, 0.4) is 0 Å². The lowest BCUT2D eigenvalue weighted by molar-refractivity contribution is -0.388. The predicted octanol–water partition coefficient (Wildman–Crippen LogP) is -3.77. The van der Waals surface area contributed by atoms with Crippen LogP contribution in [0, 0.1) is 50.2 Å². The highest BCUT2D eigenvalue weighted by Crippen LogP contribution is 2.76. The van der Waals surface area contributed by atoms with Crippen LogP contribution in [0.4, 0.5) is 0 Å². The van der Waals surface area contributed by atoms with Crippen LogP contribution in [0.5, 0.6) is 5.75 Å². The molecule has 0 bridgehead atoms. The van der Waals surface area contributed by atoms with Crippen molar-refractivity contribution in [2.45, 2.75) is 284 Å². The van der Waals surface area contributed by atoms with Crippen molar-refractivity contribution in [1.29, 1.82) is 0 Å². The highest BCUT2D eigenvalue weighted by molar-refractivity contribution is 5.87. The van der Waals surface area contributed by atoms with E-state index >= 15 is 4.79 Å². The van der Waals surface area contributed by atoms with Crippen molar-refractivity contribution in [1.82, 2.24) is 0 Å². The number of aliphatic hydroxyl groups is 17. The highest BCUT2D eigenvalue weighted by Gasteiger charge is 2.74. The van der Waals surface area contributed by atoms with Crippen LogP contribution in [0.15, 0.2) is 42.0 Å². The van der Waals surface area contributed by atoms with Crippen molar-refractivity contribution in [2.24, 2.45) is 50.2 Å². The first kappa shape index (κ1) is 84.2. The van der Waals surface area contributed by atoms with E-state index in [9.17, 15) is 102 Å². The lowest BCUT2D eigenvalue weighted by Crippen LogP contribution is -2.71. The molecule has 6 saturated heterocycles. The van der Waals surface area contributed by atoms with Crippen molar-refractivity contribution in [3.8, 4) is 5.75 Å². The topological polar surface area (TPSA) is 545 Å². The van der Waals surface area contributed by atoms with E-state index in [0.717, 1.165) is 11.6 Å². The molecular weight excluding hydrogens is 1450 g/mol. The minimum atomic E-state index is -2.30. The monoisotopic (exact) mass is 1560 g/mol. The Morgan fingerprint density at radius 3 is 1.76 bits per heavy atom. The van der Waals surface area contributed by atoms with E-state index in [0.29, 0.717) is 37.0 Å². The zero-order chi connectivity index (χ0) is 79.3. The van der Waals surface area contributed by atoms with Gasteiger partial charge in [-0.1, -0.05) is 51.5 Å². The Bertz CT molecular complexity index is 3400. The number of aliphatic carboxylic acids is 1. The first-order chi connectivity index (χ1) is 51.4. The van der Waals surface area contributed by atoms with Gasteiger partial charge in [-0.05, 0) is 136 Å². The number of fused-ring (bicyclic) bond motifs is 7. The normalized spacial score (nSPS) is 49.8. The predicted molar refractivity (Wildman–Crippen MR) is 364 cm³/mol. The van der Waals surface area contributed by atoms with Crippen LogP contribution in [-0.2, 0) is 76.0 Å². The Labute approximate surface area is 628 Å². The maximum atomic E-state index is 16.2. The highest BCUT2D eigenvalue weighted by atomic mass is 16.8. The number of carbonyl (C=O) groups is 3. The summed E-state index contributed by atoms with van der Waals surface area (Å²) in [5.74, 6) is -4.33. The number of hydrogen-bond acceptors (Lipinski definition) is 34. The second-order valence-electron chi connectivity index (χ2n) is 33.4. The van der Waals surface area contributed by atoms with Crippen LogP contribution in [0.25, 0.3) is 6.08 Å². The lowest BCUT2D eigenvalue weighted by Gasteiger charge is -2.71. The Morgan fingerprint density at radius 1 is 0.569 bits per heavy atom. The molecule has 0 spiro atoms. The van der Waals surface area contributed by atoms with Gasteiger partial charge in [-0.2, -0.15) is 0 Å². The van der Waals surface area contributed by atoms with Crippen LogP contribution in [0.1, 0.15) is 112 Å². The van der Waals surface area contributed by atoms with Gasteiger partial charge in [0.2, 0.25) is 6.29 Å². The van der Waals surface area contributed by atoms with Gasteiger partial charge < -0.3 is 158 Å². The fourth-order valence-electron chi connectivity index (χ4n) is 20.2. The minimum Gasteiger partial charge on any atom is -0.497 e. The summed E-state index contributed by atoms with van der Waals surface area (Å²) in [6.45, 7) is 8.13. The van der Waals surface area contributed by atoms with Crippen LogP contribution >= 0.6 is 0 Å². The van der Waals surface area contributed by atoms with Crippen LogP contribution in [-0.4, -0.2) is 334 Å². The molecule has 6 heterocycles. The quantitative estimate of drug-likeness (QED) is 0.0243. The number of carboxylic acid groups (broad SMARTS) is 1. The number of rotatable bonds is 21. The third kappa shape index (κ3) is 14.8. The van der Waals surface area contributed by atoms with E-state index in [2.05, 4.69) is 20.8 Å². The first-order valence-corrected chi connectivity index (χ1v) is 37.5. The third-order valence-electron chi connectivity index (χ3n) is 26.7. The van der Waals surface area contributed by atoms with Crippen LogP contribution < -0.4 is 4.74 Å². The number of carboxylic acids is 1. The van der Waals surface area contributed by atoms with Gasteiger partial charge in [0.1, 0.15) is 115 Å². The molecule has 35 nitrogen and oxygen atoms in total. The van der Waals surface area contributed by atoms with Crippen molar-refractivity contribution < 1.29 is 173 Å². The number of esters is 2. The van der Waals surface area contributed by atoms with E-state index in [-0.39, 0.29) is 32.1 Å². The molecule has 6 aliphatic heterocycles. The maximum absolute atomic E-state index is 16.2. The molecule has 4 saturated carbocycles. The lowest BCUT2D eigenvalue weighted by atomic mass is 9.33. The van der Waals surface area contributed by atoms with Gasteiger partial charge in [0.05, 0.1) is 75.9 Å². The number of carbonyl (C=O) groups excluding carboxylic acids is 2. The van der Waals surface area contributed by atoms with Gasteiger partial charge in [-0.25, -0.2) is 4.79 Å². The summed E-state index contributed by atoms with van der Waals surface area (Å²) in [6.07, 6.45) is -42.7. The van der Waals surface area contributed by atoms with Gasteiger partial charge in [-0.15, -0.1) is 0 Å². The molecule has 1 aromatic rings. The molecule has 0 unspecified atom stereocenters. The van der Waals surface area contributed by atoms with Crippen molar-refractivity contribution in [2.75, 3.05) is 46.8 Å². The summed E-state index contributed by atoms with van der Waals surface area (Å²) in [6, 6.07) is 6.67. The van der Waals surface area contributed by atoms with Crippen molar-refractivity contribution in [3.63, 3.8) is 0 Å². The molecule has 10 fully saturated rings. The summed E-state index contributed by atoms with van der Waals surface area (Å²) in [5, 5.41) is 201. The van der Waals surface area contributed by atoms with Gasteiger partial charge in [0.25, 0.3) is 0 Å². The summed E-state index contributed by atoms with van der Waals surface area (Å²) in [7, 11) is 1.49. The molecule has 37 atom stereocenters. The van der Waals surface area contributed by atoms with Gasteiger partial charge in [0, 0.05) is 11.5 Å². The number of allylic oxidation sites excluding steroid dienone is 1. The molecule has 12 rings (SSSR count). The zero-order valence-corrected chi connectivity index (χ0v) is 62.0. The van der Waals surface area contributed by atoms with E-state index in [1.807, 2.05) is 13.0 Å². The molecule has 109 heavy (non-hydrogen) atoms. The molecule has 0 radical (unpaired) electrons. The fourth-order valence-corrected chi connectivity index (χ4v) is 20.2. The minimum absolute atomic E-state index is 0.0186. The molecule has 0 amide bonds. The Hall–Kier alpha value is -4.21. The van der Waals surface area contributed by atoms with Crippen molar-refractivity contribution in [3.05, 3.63) is 47.6 Å². The van der Waals surface area contributed by atoms with Crippen molar-refractivity contribution >= 4 is 24.0 Å². The number of methoxy groups -OCH3 is 1. The van der Waals surface area contributed by atoms with E-state index in [4.69, 9.17) is 66.3 Å². The second kappa shape index (κ2) is 32.1. The molecule has 11 aliphatic rings. The largest absolute Gasteiger partial charge is 0.497 e. The fraction of sp³-hybridized carbons (Fsp3) is 0.824. The first-order valence-electron chi connectivity index (χ1n) is 37.5. The zero-order valence-electron chi connectivity index (χ0n) is 62.0. The third-order valence-corrected chi connectivity index (χ3v) is 26.7. The summed E-state index contributed by atoms with van der Waals surface area (Å²) in [4.78, 5) is 44.0. The number of aliphatic hydroxyl groups excluding tert-OH is 16. The van der Waals surface area contributed by atoms with Crippen LogP contribution in [0.2, 0.25) is 0 Å². The van der Waals surface area contributed by atoms with Gasteiger partial charge in [0.15, 0.2) is 43.7 Å². The summed E-state index contributed by atoms with van der Waals surface area (Å²) >= 11 is 0. The molecule has 5 aliphatic carbocycles. The number of benzene rings is 1. The molecule has 18 N–H and O–H groups in total. The number of hydrogen-bond donors (Lipinski definition) is 18. The van der Waals surface area contributed by atoms with Gasteiger partial charge in [-0.3, -0.25) is 9.59 Å². The average Bonchev–Trinajstić information content (AvgIpc) is 0.674. The molecule has 35 heteroatoms. The second-order valence-corrected chi connectivity index (χ2v) is 33.4. The molecule has 0 aromatic heterocycles. The van der Waals surface area contributed by atoms with Gasteiger partial charge >= 0.3 is 17.9 Å². The SMILES string of the molecule is COc1ccc(/C=C/C(=O)O[C@@H]2[C@H](O)[C@@H](O[C@@H]3O[C@@H](C)[C@H](O[C@@H]4OC[C@@H](O[C@@H]5O[C@H](CO)[C@H](O)[C@H](O)[C@H]5O)[C@H](O)[C@H]4O)[C@@H](O[C@@H]4OC[C@](O)(CO)[C@H]4O)[C@H]3O)[C@H](OC(=O)[C@]34CCC(C)(C)C[C@H]3C3=CC[C@@H]5[C@@]6(C)C[C@H](O)[C@H](O[C@@H]7O[C@H](CO)[C@@H](O)[C@H](O)[C@H]7O)[C@@](C)(C(=O)O)[C@@H]6CC[C@@]5(C)[C@]3(CO)CC4)O[C@@H]2C)cc1. The van der Waals surface area contributed by atoms with E-state index in [1.54, 1.807) is 24.3 Å². The van der Waals surface area contributed by atoms with E-state index < -0.39 is 285 Å². The Balaban J connectivity index is 0.837. The summed E-state index contributed by atoms with van der Waals surface area (Å²) in [5.41, 5.74) is -7.53. The standard InChI is InChI=1S/C74H110O35/c1-31-54(104-43(80)16-11-33-9-12-34(96-8)13-10-33)52(89)57(107-63-53(90)56(106-65-58(91)74(95,29-78)30-98-65)55(32(2)99-63)105-60-49(86)46(83)40(27-97-60)103-61-50(87)47(84)44(81)38(25-75)101-61)64(100-31)109-67(94)72-20-19-68(3,4)23-36(72)35-14-15-41-69(5)24-37(79)59(108-62-51(88)48(85)45(82)39(26-76)102-62)71(7,66(92)93)42(69)17-18-70(41,6)73(35,28-77)22-21-72/h9-14,16,31-32,36-42,44-65,75-79,81-91,95H,15,17-30H2,1-8H3,(H,92,93)/b16-11+/t31-,32+,36+,37+,38-,39-,40-,41-,42-,44+,45-,46+,47+,48+,49-,50-,51-,52+,53-,54+,55+,56+,57-,58+,59+,60+,61+,62+,63+,64+,65+,69-,70-,71+,72+,73+,74-/m1/s1. The smallest absolute Gasteiger partial charge is 0.331 e. The average molecular weight is 1560 g/mol. The molecule has 1 aromatic carbocycles. The summed E-state index contributed by atoms with van der Waals surface area (Å²) < 4.78 is 84.2. The Kier molecular flexibility index (Phi) is 24.8. The number of ether oxygens (including phenoxy) is 14. The Morgan fingerprint density at radius 2 is 1.16 bits per heavy atom.